The molecule has 0 bridgehead atoms. The zero-order chi connectivity index (χ0) is 15.9. The van der Waals surface area contributed by atoms with Gasteiger partial charge in [0.2, 0.25) is 0 Å². The molecule has 3 heterocycles. The summed E-state index contributed by atoms with van der Waals surface area (Å²) in [6, 6.07) is 18.8. The average Bonchev–Trinajstić information content (AvgIpc) is 3.26. The molecule has 0 aliphatic carbocycles. The first kappa shape index (κ1) is 14.2. The highest BCUT2D eigenvalue weighted by molar-refractivity contribution is 8.00. The maximum Gasteiger partial charge on any atom is 0.120 e. The lowest BCUT2D eigenvalue weighted by Gasteiger charge is -2.14. The number of hydrogen-bond donors (Lipinski definition) is 2. The van der Waals surface area contributed by atoms with Crippen LogP contribution < -0.4 is 10.6 Å². The highest BCUT2D eigenvalue weighted by atomic mass is 32.2. The van der Waals surface area contributed by atoms with E-state index in [1.54, 1.807) is 29.9 Å². The Bertz CT molecular complexity index is 794. The molecule has 0 amide bonds. The second-order valence-corrected chi connectivity index (χ2v) is 7.94. The Hall–Kier alpha value is -2.18. The number of nitrogens with one attached hydrogen (secondary N) is 2. The molecule has 6 heteroatoms. The second-order valence-electron chi connectivity index (χ2n) is 5.64. The number of rotatable bonds is 2. The van der Waals surface area contributed by atoms with E-state index in [4.69, 9.17) is 0 Å². The molecule has 1 aromatic heterocycles. The van der Waals surface area contributed by atoms with E-state index < -0.39 is 0 Å². The summed E-state index contributed by atoms with van der Waals surface area (Å²) in [5, 5.41) is 7.34. The van der Waals surface area contributed by atoms with Gasteiger partial charge in [-0.3, -0.25) is 0 Å². The van der Waals surface area contributed by atoms with Gasteiger partial charge < -0.3 is 10.6 Å². The molecular formula is C18H14N4S2. The molecule has 4 nitrogen and oxygen atoms in total. The van der Waals surface area contributed by atoms with Gasteiger partial charge in [0.05, 0.1) is 11.4 Å². The van der Waals surface area contributed by atoms with Crippen molar-refractivity contribution < 1.29 is 0 Å². The molecule has 0 radical (unpaired) electrons. The van der Waals surface area contributed by atoms with Crippen molar-refractivity contribution >= 4 is 34.9 Å². The Labute approximate surface area is 148 Å². The smallest absolute Gasteiger partial charge is 0.120 e. The van der Waals surface area contributed by atoms with Crippen molar-refractivity contribution in [3.05, 3.63) is 72.3 Å². The first-order valence-electron chi connectivity index (χ1n) is 7.73. The molecule has 2 aromatic carbocycles. The van der Waals surface area contributed by atoms with Gasteiger partial charge in [-0.05, 0) is 30.3 Å². The van der Waals surface area contributed by atoms with Crippen LogP contribution in [0.2, 0.25) is 0 Å². The third-order valence-electron chi connectivity index (χ3n) is 4.08. The van der Waals surface area contributed by atoms with E-state index in [2.05, 4.69) is 75.2 Å². The van der Waals surface area contributed by atoms with Crippen molar-refractivity contribution in [2.24, 2.45) is 0 Å². The molecule has 118 valence electrons. The Morgan fingerprint density at radius 3 is 1.71 bits per heavy atom. The number of thioether (sulfide) groups is 2. The SMILES string of the molecule is c1ccc2c(c1)NC(c1cc(C3Nc4ccccc4S3)ncn1)S2. The summed E-state index contributed by atoms with van der Waals surface area (Å²) in [6.07, 6.45) is 1.67. The number of para-hydroxylation sites is 2. The van der Waals surface area contributed by atoms with Crippen molar-refractivity contribution in [1.82, 2.24) is 9.97 Å². The summed E-state index contributed by atoms with van der Waals surface area (Å²) in [6.45, 7) is 0. The predicted octanol–water partition coefficient (Wildman–Crippen LogP) is 4.91. The van der Waals surface area contributed by atoms with Crippen LogP contribution in [0, 0.1) is 0 Å². The predicted molar refractivity (Wildman–Crippen MR) is 99.4 cm³/mol. The molecular weight excluding hydrogens is 336 g/mol. The molecule has 0 spiro atoms. The fraction of sp³-hybridized carbons (Fsp3) is 0.111. The van der Waals surface area contributed by atoms with Gasteiger partial charge in [-0.25, -0.2) is 9.97 Å². The van der Waals surface area contributed by atoms with E-state index >= 15 is 0 Å². The lowest BCUT2D eigenvalue weighted by atomic mass is 10.2. The van der Waals surface area contributed by atoms with Crippen LogP contribution in [0.5, 0.6) is 0 Å². The quantitative estimate of drug-likeness (QED) is 0.685. The maximum absolute atomic E-state index is 4.49. The number of nitrogens with zero attached hydrogens (tertiary/aromatic N) is 2. The normalized spacial score (nSPS) is 20.8. The van der Waals surface area contributed by atoms with Crippen molar-refractivity contribution in [2.45, 2.75) is 20.5 Å². The molecule has 2 aliphatic heterocycles. The minimum absolute atomic E-state index is 0.137. The summed E-state index contributed by atoms with van der Waals surface area (Å²) < 4.78 is 0. The second kappa shape index (κ2) is 5.72. The highest BCUT2D eigenvalue weighted by Crippen LogP contribution is 2.48. The molecule has 5 rings (SSSR count). The van der Waals surface area contributed by atoms with Crippen molar-refractivity contribution in [3.8, 4) is 0 Å². The Balaban J connectivity index is 1.40. The third-order valence-corrected chi connectivity index (χ3v) is 6.49. The Kier molecular flexibility index (Phi) is 3.38. The Morgan fingerprint density at radius 1 is 0.708 bits per heavy atom. The minimum Gasteiger partial charge on any atom is -0.367 e. The van der Waals surface area contributed by atoms with Crippen molar-refractivity contribution in [2.75, 3.05) is 10.6 Å². The van der Waals surface area contributed by atoms with Crippen LogP contribution in [0.25, 0.3) is 0 Å². The number of hydrogen-bond acceptors (Lipinski definition) is 6. The summed E-state index contributed by atoms with van der Waals surface area (Å²) in [5.74, 6) is 0. The third kappa shape index (κ3) is 2.42. The van der Waals surface area contributed by atoms with Crippen LogP contribution in [0.15, 0.2) is 70.7 Å². The van der Waals surface area contributed by atoms with Crippen molar-refractivity contribution in [1.29, 1.82) is 0 Å². The first-order valence-corrected chi connectivity index (χ1v) is 9.49. The summed E-state index contributed by atoms with van der Waals surface area (Å²) >= 11 is 3.60. The molecule has 3 aromatic rings. The zero-order valence-electron chi connectivity index (χ0n) is 12.6. The van der Waals surface area contributed by atoms with Crippen LogP contribution in [0.3, 0.4) is 0 Å². The van der Waals surface area contributed by atoms with E-state index in [9.17, 15) is 0 Å². The molecule has 0 saturated carbocycles. The van der Waals surface area contributed by atoms with E-state index in [0.717, 1.165) is 11.4 Å². The molecule has 2 unspecified atom stereocenters. The Morgan fingerprint density at radius 2 is 1.21 bits per heavy atom. The lowest BCUT2D eigenvalue weighted by Crippen LogP contribution is -2.09. The summed E-state index contributed by atoms with van der Waals surface area (Å²) in [7, 11) is 0. The average molecular weight is 350 g/mol. The molecule has 24 heavy (non-hydrogen) atoms. The zero-order valence-corrected chi connectivity index (χ0v) is 14.3. The van der Waals surface area contributed by atoms with E-state index in [-0.39, 0.29) is 10.7 Å². The number of anilines is 2. The molecule has 2 N–H and O–H groups in total. The van der Waals surface area contributed by atoms with Gasteiger partial charge in [0.15, 0.2) is 0 Å². The topological polar surface area (TPSA) is 49.8 Å². The largest absolute Gasteiger partial charge is 0.367 e. The maximum atomic E-state index is 4.49. The molecule has 0 saturated heterocycles. The van der Waals surface area contributed by atoms with Gasteiger partial charge in [0.25, 0.3) is 0 Å². The van der Waals surface area contributed by atoms with Crippen LogP contribution >= 0.6 is 23.5 Å². The van der Waals surface area contributed by atoms with Gasteiger partial charge in [0, 0.05) is 21.2 Å². The minimum atomic E-state index is 0.137. The van der Waals surface area contributed by atoms with Gasteiger partial charge >= 0.3 is 0 Å². The number of aromatic nitrogens is 2. The van der Waals surface area contributed by atoms with Crippen LogP contribution in [-0.4, -0.2) is 9.97 Å². The first-order chi connectivity index (χ1) is 11.9. The summed E-state index contributed by atoms with van der Waals surface area (Å²) in [5.41, 5.74) is 4.38. The molecule has 2 atom stereocenters. The van der Waals surface area contributed by atoms with Gasteiger partial charge in [-0.15, -0.1) is 0 Å². The lowest BCUT2D eigenvalue weighted by molar-refractivity contribution is 0.935. The number of benzene rings is 2. The van der Waals surface area contributed by atoms with Gasteiger partial charge in [-0.2, -0.15) is 0 Å². The van der Waals surface area contributed by atoms with E-state index in [1.165, 1.54) is 21.2 Å². The highest BCUT2D eigenvalue weighted by Gasteiger charge is 2.27. The van der Waals surface area contributed by atoms with Crippen LogP contribution in [0.4, 0.5) is 11.4 Å². The van der Waals surface area contributed by atoms with E-state index in [0.29, 0.717) is 0 Å². The molecule has 0 fully saturated rings. The summed E-state index contributed by atoms with van der Waals surface area (Å²) in [4.78, 5) is 11.5. The monoisotopic (exact) mass is 350 g/mol. The van der Waals surface area contributed by atoms with Crippen LogP contribution in [0.1, 0.15) is 22.1 Å². The van der Waals surface area contributed by atoms with Crippen molar-refractivity contribution in [3.63, 3.8) is 0 Å². The fourth-order valence-corrected chi connectivity index (χ4v) is 5.12. The molecule has 2 aliphatic rings. The fourth-order valence-electron chi connectivity index (χ4n) is 2.92. The number of fused-ring (bicyclic) bond motifs is 2. The van der Waals surface area contributed by atoms with E-state index in [1.807, 2.05) is 0 Å². The van der Waals surface area contributed by atoms with Gasteiger partial charge in [0.1, 0.15) is 17.1 Å². The van der Waals surface area contributed by atoms with Gasteiger partial charge in [-0.1, -0.05) is 47.8 Å². The van der Waals surface area contributed by atoms with Crippen LogP contribution in [-0.2, 0) is 0 Å². The standard InChI is InChI=1S/C18H14N4S2/c1-3-7-15-11(5-1)21-17(23-15)13-9-14(20-10-19-13)18-22-12-6-2-4-8-16(12)24-18/h1-10,17-18,21-22H.